The first-order valence-electron chi connectivity index (χ1n) is 7.58. The van der Waals surface area contributed by atoms with Crippen molar-refractivity contribution in [3.8, 4) is 0 Å². The van der Waals surface area contributed by atoms with Crippen LogP contribution in [0.1, 0.15) is 49.3 Å². The molecule has 0 aliphatic heterocycles. The summed E-state index contributed by atoms with van der Waals surface area (Å²) in [7, 11) is 1.70. The maximum Gasteiger partial charge on any atom is 0.223 e. The van der Waals surface area contributed by atoms with Gasteiger partial charge in [-0.25, -0.2) is 0 Å². The van der Waals surface area contributed by atoms with Gasteiger partial charge in [-0.2, -0.15) is 0 Å². The third-order valence-electron chi connectivity index (χ3n) is 4.26. The van der Waals surface area contributed by atoms with Gasteiger partial charge in [-0.05, 0) is 30.9 Å². The zero-order chi connectivity index (χ0) is 14.4. The van der Waals surface area contributed by atoms with Crippen LogP contribution >= 0.6 is 0 Å². The summed E-state index contributed by atoms with van der Waals surface area (Å²) >= 11 is 0. The lowest BCUT2D eigenvalue weighted by Gasteiger charge is -2.23. The normalized spacial score (nSPS) is 17.7. The van der Waals surface area contributed by atoms with Gasteiger partial charge < -0.3 is 10.1 Å². The van der Waals surface area contributed by atoms with Gasteiger partial charge in [-0.15, -0.1) is 0 Å². The van der Waals surface area contributed by atoms with Crippen molar-refractivity contribution in [3.05, 3.63) is 35.4 Å². The van der Waals surface area contributed by atoms with Crippen LogP contribution in [0, 0.1) is 12.8 Å². The zero-order valence-corrected chi connectivity index (χ0v) is 12.5. The molecule has 0 radical (unpaired) electrons. The molecule has 1 fully saturated rings. The summed E-state index contributed by atoms with van der Waals surface area (Å²) in [6, 6.07) is 8.17. The third kappa shape index (κ3) is 3.83. The summed E-state index contributed by atoms with van der Waals surface area (Å²) < 4.78 is 5.54. The van der Waals surface area contributed by atoms with Crippen molar-refractivity contribution in [2.45, 2.75) is 45.1 Å². The molecule has 3 nitrogen and oxygen atoms in total. The highest BCUT2D eigenvalue weighted by Gasteiger charge is 2.22. The summed E-state index contributed by atoms with van der Waals surface area (Å²) in [6.07, 6.45) is 5.64. The molecule has 0 bridgehead atoms. The molecule has 0 spiro atoms. The van der Waals surface area contributed by atoms with Gasteiger partial charge in [0.05, 0.1) is 6.10 Å². The summed E-state index contributed by atoms with van der Waals surface area (Å²) in [5.41, 5.74) is 2.35. The number of amides is 1. The van der Waals surface area contributed by atoms with Crippen molar-refractivity contribution in [2.75, 3.05) is 13.7 Å². The smallest absolute Gasteiger partial charge is 0.223 e. The second-order valence-electron chi connectivity index (χ2n) is 5.66. The number of benzene rings is 1. The van der Waals surface area contributed by atoms with E-state index >= 15 is 0 Å². The van der Waals surface area contributed by atoms with Gasteiger partial charge in [-0.1, -0.05) is 43.5 Å². The molecule has 1 N–H and O–H groups in total. The number of hydrogen-bond donors (Lipinski definition) is 1. The van der Waals surface area contributed by atoms with Crippen LogP contribution in [0.3, 0.4) is 0 Å². The molecule has 1 aliphatic rings. The van der Waals surface area contributed by atoms with Crippen LogP contribution in [0.4, 0.5) is 0 Å². The van der Waals surface area contributed by atoms with E-state index in [1.165, 1.54) is 24.8 Å². The highest BCUT2D eigenvalue weighted by atomic mass is 16.5. The van der Waals surface area contributed by atoms with Gasteiger partial charge >= 0.3 is 0 Å². The Kier molecular flexibility index (Phi) is 5.60. The van der Waals surface area contributed by atoms with Gasteiger partial charge in [0.1, 0.15) is 0 Å². The number of carbonyl (C=O) groups excluding carboxylic acids is 1. The summed E-state index contributed by atoms with van der Waals surface area (Å²) in [5, 5.41) is 3.07. The summed E-state index contributed by atoms with van der Waals surface area (Å²) in [6.45, 7) is 2.63. The standard InChI is InChI=1S/C17H25NO2/c1-13-8-6-7-11-15(13)16(20-2)12-18-17(19)14-9-4-3-5-10-14/h6-8,11,14,16H,3-5,9-10,12H2,1-2H3,(H,18,19). The van der Waals surface area contributed by atoms with E-state index in [-0.39, 0.29) is 17.9 Å². The fraction of sp³-hybridized carbons (Fsp3) is 0.588. The third-order valence-corrected chi connectivity index (χ3v) is 4.26. The minimum atomic E-state index is -0.0660. The molecule has 0 saturated heterocycles. The second-order valence-corrected chi connectivity index (χ2v) is 5.66. The molecule has 1 saturated carbocycles. The second kappa shape index (κ2) is 7.44. The van der Waals surface area contributed by atoms with Crippen LogP contribution in [0.15, 0.2) is 24.3 Å². The molecule has 1 amide bonds. The van der Waals surface area contributed by atoms with Crippen LogP contribution in [-0.2, 0) is 9.53 Å². The van der Waals surface area contributed by atoms with E-state index < -0.39 is 0 Å². The molecule has 1 unspecified atom stereocenters. The van der Waals surface area contributed by atoms with Crippen molar-refractivity contribution in [2.24, 2.45) is 5.92 Å². The van der Waals surface area contributed by atoms with Crippen molar-refractivity contribution in [1.29, 1.82) is 0 Å². The molecule has 110 valence electrons. The van der Waals surface area contributed by atoms with Gasteiger partial charge in [0.15, 0.2) is 0 Å². The van der Waals surface area contributed by atoms with Gasteiger partial charge in [0.2, 0.25) is 5.91 Å². The van der Waals surface area contributed by atoms with Gasteiger partial charge in [0, 0.05) is 19.6 Å². The largest absolute Gasteiger partial charge is 0.375 e. The van der Waals surface area contributed by atoms with Crippen LogP contribution in [0.25, 0.3) is 0 Å². The lowest BCUT2D eigenvalue weighted by molar-refractivity contribution is -0.126. The first-order chi connectivity index (χ1) is 9.72. The number of hydrogen-bond acceptors (Lipinski definition) is 2. The number of carbonyl (C=O) groups is 1. The minimum absolute atomic E-state index is 0.0660. The molecule has 1 aromatic rings. The molecule has 1 aromatic carbocycles. The quantitative estimate of drug-likeness (QED) is 0.894. The van der Waals surface area contributed by atoms with Crippen LogP contribution in [-0.4, -0.2) is 19.6 Å². The molecule has 20 heavy (non-hydrogen) atoms. The average molecular weight is 275 g/mol. The number of aryl methyl sites for hydroxylation is 1. The summed E-state index contributed by atoms with van der Waals surface area (Å²) in [4.78, 5) is 12.2. The van der Waals surface area contributed by atoms with Crippen molar-refractivity contribution in [1.82, 2.24) is 5.32 Å². The molecular formula is C17H25NO2. The van der Waals surface area contributed by atoms with Crippen molar-refractivity contribution >= 4 is 5.91 Å². The fourth-order valence-corrected chi connectivity index (χ4v) is 2.97. The molecule has 0 aromatic heterocycles. The fourth-order valence-electron chi connectivity index (χ4n) is 2.97. The van der Waals surface area contributed by atoms with Crippen molar-refractivity contribution in [3.63, 3.8) is 0 Å². The lowest BCUT2D eigenvalue weighted by Crippen LogP contribution is -2.35. The van der Waals surface area contributed by atoms with E-state index in [0.29, 0.717) is 6.54 Å². The highest BCUT2D eigenvalue weighted by molar-refractivity contribution is 5.78. The zero-order valence-electron chi connectivity index (χ0n) is 12.5. The van der Waals surface area contributed by atoms with Gasteiger partial charge in [-0.3, -0.25) is 4.79 Å². The Hall–Kier alpha value is -1.35. The minimum Gasteiger partial charge on any atom is -0.375 e. The SMILES string of the molecule is COC(CNC(=O)C1CCCCC1)c1ccccc1C. The van der Waals surface area contributed by atoms with Gasteiger partial charge in [0.25, 0.3) is 0 Å². The van der Waals surface area contributed by atoms with Crippen LogP contribution < -0.4 is 5.32 Å². The van der Waals surface area contributed by atoms with E-state index in [2.05, 4.69) is 24.4 Å². The first-order valence-corrected chi connectivity index (χ1v) is 7.58. The Balaban J connectivity index is 1.90. The predicted molar refractivity (Wildman–Crippen MR) is 80.5 cm³/mol. The number of ether oxygens (including phenoxy) is 1. The molecule has 3 heteroatoms. The Morgan fingerprint density at radius 1 is 1.30 bits per heavy atom. The molecule has 0 heterocycles. The Labute approximate surface area is 121 Å². The maximum atomic E-state index is 12.2. The van der Waals surface area contributed by atoms with E-state index in [4.69, 9.17) is 4.74 Å². The Morgan fingerprint density at radius 3 is 2.65 bits per heavy atom. The number of rotatable bonds is 5. The number of methoxy groups -OCH3 is 1. The van der Waals surface area contributed by atoms with E-state index in [0.717, 1.165) is 18.4 Å². The van der Waals surface area contributed by atoms with E-state index in [9.17, 15) is 4.79 Å². The Bertz CT molecular complexity index is 438. The molecule has 1 atom stereocenters. The topological polar surface area (TPSA) is 38.3 Å². The Morgan fingerprint density at radius 2 is 2.00 bits per heavy atom. The predicted octanol–water partition coefficient (Wildman–Crippen LogP) is 3.38. The monoisotopic (exact) mass is 275 g/mol. The van der Waals surface area contributed by atoms with Crippen LogP contribution in [0.5, 0.6) is 0 Å². The molecule has 1 aliphatic carbocycles. The lowest BCUT2D eigenvalue weighted by atomic mass is 9.88. The summed E-state index contributed by atoms with van der Waals surface area (Å²) in [5.74, 6) is 0.401. The maximum absolute atomic E-state index is 12.2. The van der Waals surface area contributed by atoms with Crippen molar-refractivity contribution < 1.29 is 9.53 Å². The average Bonchev–Trinajstić information content (AvgIpc) is 2.50. The molecular weight excluding hydrogens is 250 g/mol. The number of nitrogens with one attached hydrogen (secondary N) is 1. The molecule has 2 rings (SSSR count). The first kappa shape index (κ1) is 15.0. The highest BCUT2D eigenvalue weighted by Crippen LogP contribution is 2.24. The van der Waals surface area contributed by atoms with E-state index in [1.54, 1.807) is 7.11 Å². The van der Waals surface area contributed by atoms with E-state index in [1.807, 2.05) is 12.1 Å². The van der Waals surface area contributed by atoms with Crippen LogP contribution in [0.2, 0.25) is 0 Å².